The van der Waals surface area contributed by atoms with Crippen molar-refractivity contribution >= 4 is 22.8 Å². The summed E-state index contributed by atoms with van der Waals surface area (Å²) in [5, 5.41) is 8.37. The molecule has 3 aromatic carbocycles. The summed E-state index contributed by atoms with van der Waals surface area (Å²) < 4.78 is 1.84. The average Bonchev–Trinajstić information content (AvgIpc) is 3.17. The van der Waals surface area contributed by atoms with Gasteiger partial charge in [0.15, 0.2) is 0 Å². The van der Waals surface area contributed by atoms with E-state index >= 15 is 0 Å². The summed E-state index contributed by atoms with van der Waals surface area (Å²) in [5.74, 6) is -0.545. The van der Waals surface area contributed by atoms with E-state index in [9.17, 15) is 9.59 Å². The number of para-hydroxylation sites is 1. The number of hydrogen-bond donors (Lipinski definition) is 1. The SMILES string of the molecule is CN(Cc1ccc(C(N)=O)cc1)C(=O)c1ccc(Cn2nnc3ccccc32)cc1. The van der Waals surface area contributed by atoms with Crippen molar-refractivity contribution in [3.05, 3.63) is 95.1 Å². The molecule has 2 N–H and O–H groups in total. The normalized spacial score (nSPS) is 10.8. The standard InChI is InChI=1S/C23H21N5O2/c1-27(14-16-6-10-18(11-7-16)22(24)29)23(30)19-12-8-17(9-13-19)15-28-21-5-3-2-4-20(21)25-26-28/h2-13H,14-15H2,1H3,(H2,24,29). The van der Waals surface area contributed by atoms with E-state index in [1.165, 1.54) is 0 Å². The quantitative estimate of drug-likeness (QED) is 0.539. The predicted molar refractivity (Wildman–Crippen MR) is 114 cm³/mol. The molecule has 0 unspecified atom stereocenters. The number of rotatable bonds is 6. The van der Waals surface area contributed by atoms with Crippen molar-refractivity contribution in [1.29, 1.82) is 0 Å². The monoisotopic (exact) mass is 399 g/mol. The maximum atomic E-state index is 12.8. The van der Waals surface area contributed by atoms with Crippen molar-refractivity contribution < 1.29 is 9.59 Å². The van der Waals surface area contributed by atoms with Gasteiger partial charge in [-0.1, -0.05) is 41.6 Å². The van der Waals surface area contributed by atoms with E-state index in [-0.39, 0.29) is 5.91 Å². The number of carbonyl (C=O) groups excluding carboxylic acids is 2. The third-order valence-electron chi connectivity index (χ3n) is 4.96. The average molecular weight is 399 g/mol. The molecule has 0 aliphatic rings. The van der Waals surface area contributed by atoms with Gasteiger partial charge in [-0.3, -0.25) is 9.59 Å². The molecule has 0 spiro atoms. The van der Waals surface area contributed by atoms with E-state index in [4.69, 9.17) is 5.73 Å². The van der Waals surface area contributed by atoms with Crippen LogP contribution < -0.4 is 5.73 Å². The first-order chi connectivity index (χ1) is 14.5. The van der Waals surface area contributed by atoms with Gasteiger partial charge >= 0.3 is 0 Å². The van der Waals surface area contributed by atoms with Gasteiger partial charge in [0.1, 0.15) is 5.52 Å². The number of carbonyl (C=O) groups is 2. The van der Waals surface area contributed by atoms with Crippen molar-refractivity contribution in [2.24, 2.45) is 5.73 Å². The molecule has 0 aliphatic carbocycles. The fraction of sp³-hybridized carbons (Fsp3) is 0.130. The van der Waals surface area contributed by atoms with Crippen molar-refractivity contribution in [2.45, 2.75) is 13.1 Å². The maximum Gasteiger partial charge on any atom is 0.253 e. The number of benzene rings is 3. The first-order valence-corrected chi connectivity index (χ1v) is 9.52. The van der Waals surface area contributed by atoms with E-state index in [2.05, 4.69) is 10.3 Å². The highest BCUT2D eigenvalue weighted by Crippen LogP contribution is 2.14. The molecule has 1 aromatic heterocycles. The molecule has 0 radical (unpaired) electrons. The third kappa shape index (κ3) is 4.05. The molecular weight excluding hydrogens is 378 g/mol. The number of nitrogens with two attached hydrogens (primary N) is 1. The van der Waals surface area contributed by atoms with Crippen LogP contribution in [0.2, 0.25) is 0 Å². The van der Waals surface area contributed by atoms with Crippen LogP contribution in [0, 0.1) is 0 Å². The fourth-order valence-corrected chi connectivity index (χ4v) is 3.30. The number of nitrogens with zero attached hydrogens (tertiary/aromatic N) is 4. The highest BCUT2D eigenvalue weighted by atomic mass is 16.2. The highest BCUT2D eigenvalue weighted by molar-refractivity contribution is 5.94. The summed E-state index contributed by atoms with van der Waals surface area (Å²) in [5.41, 5.74) is 10.1. The van der Waals surface area contributed by atoms with E-state index in [1.54, 1.807) is 36.2 Å². The molecule has 0 saturated heterocycles. The number of hydrogen-bond acceptors (Lipinski definition) is 4. The molecule has 30 heavy (non-hydrogen) atoms. The van der Waals surface area contributed by atoms with Crippen LogP contribution in [-0.2, 0) is 13.1 Å². The van der Waals surface area contributed by atoms with Crippen LogP contribution in [0.15, 0.2) is 72.8 Å². The molecule has 0 bridgehead atoms. The van der Waals surface area contributed by atoms with Crippen LogP contribution in [0.3, 0.4) is 0 Å². The lowest BCUT2D eigenvalue weighted by molar-refractivity contribution is 0.0784. The highest BCUT2D eigenvalue weighted by Gasteiger charge is 2.13. The Morgan fingerprint density at radius 2 is 1.53 bits per heavy atom. The van der Waals surface area contributed by atoms with E-state index in [0.717, 1.165) is 22.2 Å². The Kier molecular flexibility index (Phi) is 5.26. The van der Waals surface area contributed by atoms with Crippen molar-refractivity contribution in [3.8, 4) is 0 Å². The Labute approximate surface area is 173 Å². The lowest BCUT2D eigenvalue weighted by atomic mass is 10.1. The van der Waals surface area contributed by atoms with Crippen molar-refractivity contribution in [3.63, 3.8) is 0 Å². The molecule has 0 saturated carbocycles. The number of amides is 2. The second-order valence-corrected chi connectivity index (χ2v) is 7.16. The van der Waals surface area contributed by atoms with E-state index in [1.807, 2.05) is 53.2 Å². The minimum atomic E-state index is -0.468. The Balaban J connectivity index is 1.42. The smallest absolute Gasteiger partial charge is 0.253 e. The van der Waals surface area contributed by atoms with Gasteiger partial charge in [-0.15, -0.1) is 5.10 Å². The van der Waals surface area contributed by atoms with Gasteiger partial charge in [0.05, 0.1) is 12.1 Å². The van der Waals surface area contributed by atoms with Crippen LogP contribution in [0.5, 0.6) is 0 Å². The van der Waals surface area contributed by atoms with Crippen molar-refractivity contribution in [2.75, 3.05) is 7.05 Å². The summed E-state index contributed by atoms with van der Waals surface area (Å²) >= 11 is 0. The van der Waals surface area contributed by atoms with Gasteiger partial charge in [0, 0.05) is 24.7 Å². The van der Waals surface area contributed by atoms with Gasteiger partial charge in [0.25, 0.3) is 5.91 Å². The van der Waals surface area contributed by atoms with E-state index in [0.29, 0.717) is 24.2 Å². The second-order valence-electron chi connectivity index (χ2n) is 7.16. The summed E-state index contributed by atoms with van der Waals surface area (Å²) in [6, 6.07) is 22.2. The molecule has 1 heterocycles. The van der Waals surface area contributed by atoms with Gasteiger partial charge in [-0.2, -0.15) is 0 Å². The van der Waals surface area contributed by atoms with E-state index < -0.39 is 5.91 Å². The van der Waals surface area contributed by atoms with Gasteiger partial charge in [-0.05, 0) is 47.5 Å². The molecule has 0 aliphatic heterocycles. The first-order valence-electron chi connectivity index (χ1n) is 9.52. The largest absolute Gasteiger partial charge is 0.366 e. The molecule has 2 amide bonds. The second kappa shape index (κ2) is 8.16. The first kappa shape index (κ1) is 19.3. The number of aromatic nitrogens is 3. The number of fused-ring (bicyclic) bond motifs is 1. The molecular formula is C23H21N5O2. The van der Waals surface area contributed by atoms with Crippen LogP contribution in [-0.4, -0.2) is 38.8 Å². The minimum Gasteiger partial charge on any atom is -0.366 e. The molecule has 0 fully saturated rings. The molecule has 4 rings (SSSR count). The van der Waals surface area contributed by atoms with Gasteiger partial charge in [0.2, 0.25) is 5.91 Å². The molecule has 0 atom stereocenters. The molecule has 7 heteroatoms. The van der Waals surface area contributed by atoms with Crippen LogP contribution >= 0.6 is 0 Å². The zero-order valence-corrected chi connectivity index (χ0v) is 16.5. The lowest BCUT2D eigenvalue weighted by Gasteiger charge is -2.17. The lowest BCUT2D eigenvalue weighted by Crippen LogP contribution is -2.26. The third-order valence-corrected chi connectivity index (χ3v) is 4.96. The van der Waals surface area contributed by atoms with Gasteiger partial charge < -0.3 is 10.6 Å². The number of primary amides is 1. The maximum absolute atomic E-state index is 12.8. The summed E-state index contributed by atoms with van der Waals surface area (Å²) in [7, 11) is 1.75. The minimum absolute atomic E-state index is 0.0771. The predicted octanol–water partition coefficient (Wildman–Crippen LogP) is 2.85. The molecule has 4 aromatic rings. The van der Waals surface area contributed by atoms with Crippen LogP contribution in [0.25, 0.3) is 11.0 Å². The Morgan fingerprint density at radius 3 is 2.23 bits per heavy atom. The van der Waals surface area contributed by atoms with Crippen molar-refractivity contribution in [1.82, 2.24) is 19.9 Å². The molecule has 150 valence electrons. The zero-order valence-electron chi connectivity index (χ0n) is 16.5. The Bertz CT molecular complexity index is 1200. The van der Waals surface area contributed by atoms with Crippen LogP contribution in [0.1, 0.15) is 31.8 Å². The summed E-state index contributed by atoms with van der Waals surface area (Å²) in [6.07, 6.45) is 0. The molecule has 7 nitrogen and oxygen atoms in total. The Hall–Kier alpha value is -4.00. The zero-order chi connectivity index (χ0) is 21.1. The fourth-order valence-electron chi connectivity index (χ4n) is 3.30. The van der Waals surface area contributed by atoms with Crippen LogP contribution in [0.4, 0.5) is 0 Å². The Morgan fingerprint density at radius 1 is 0.900 bits per heavy atom. The summed E-state index contributed by atoms with van der Waals surface area (Å²) in [6.45, 7) is 1.02. The summed E-state index contributed by atoms with van der Waals surface area (Å²) in [4.78, 5) is 25.6. The van der Waals surface area contributed by atoms with Gasteiger partial charge in [-0.25, -0.2) is 4.68 Å². The topological polar surface area (TPSA) is 94.1 Å².